The van der Waals surface area contributed by atoms with E-state index in [1.54, 1.807) is 7.11 Å². The van der Waals surface area contributed by atoms with E-state index in [9.17, 15) is 0 Å². The number of methoxy groups -OCH3 is 1. The standard InChI is InChI=1S/C14H18N2O2S/c1-9(10-5-6-18-8-10)16-13-7-11(17-2)3-4-12(13)15-14(16)19/h3-4,7,9-10H,5-6,8H2,1-2H3,(H,15,19). The number of hydrogen-bond acceptors (Lipinski definition) is 3. The molecule has 0 spiro atoms. The lowest BCUT2D eigenvalue weighted by atomic mass is 10.0. The van der Waals surface area contributed by atoms with E-state index in [2.05, 4.69) is 16.5 Å². The van der Waals surface area contributed by atoms with Crippen molar-refractivity contribution in [2.45, 2.75) is 19.4 Å². The molecule has 0 bridgehead atoms. The summed E-state index contributed by atoms with van der Waals surface area (Å²) in [5.41, 5.74) is 2.15. The van der Waals surface area contributed by atoms with Gasteiger partial charge in [-0.2, -0.15) is 0 Å². The van der Waals surface area contributed by atoms with Crippen LogP contribution in [0.15, 0.2) is 18.2 Å². The van der Waals surface area contributed by atoms with Crippen molar-refractivity contribution in [3.05, 3.63) is 23.0 Å². The van der Waals surface area contributed by atoms with Gasteiger partial charge in [0, 0.05) is 24.6 Å². The Morgan fingerprint density at radius 2 is 2.37 bits per heavy atom. The Kier molecular flexibility index (Phi) is 3.33. The fourth-order valence-corrected chi connectivity index (χ4v) is 3.15. The van der Waals surface area contributed by atoms with Crippen molar-refractivity contribution in [2.75, 3.05) is 20.3 Å². The van der Waals surface area contributed by atoms with Gasteiger partial charge in [-0.3, -0.25) is 0 Å². The summed E-state index contributed by atoms with van der Waals surface area (Å²) in [6, 6.07) is 6.32. The third-order valence-corrected chi connectivity index (χ3v) is 4.28. The van der Waals surface area contributed by atoms with Crippen LogP contribution in [0.5, 0.6) is 5.75 Å². The number of hydrogen-bond donors (Lipinski definition) is 1. The van der Waals surface area contributed by atoms with Crippen LogP contribution in [0, 0.1) is 10.7 Å². The number of imidazole rings is 1. The zero-order valence-corrected chi connectivity index (χ0v) is 12.0. The van der Waals surface area contributed by atoms with Crippen LogP contribution in [0.3, 0.4) is 0 Å². The highest BCUT2D eigenvalue weighted by Gasteiger charge is 2.25. The van der Waals surface area contributed by atoms with Crippen LogP contribution in [-0.2, 0) is 4.74 Å². The highest BCUT2D eigenvalue weighted by atomic mass is 32.1. The first-order chi connectivity index (χ1) is 9.20. The van der Waals surface area contributed by atoms with Crippen molar-refractivity contribution < 1.29 is 9.47 Å². The maximum Gasteiger partial charge on any atom is 0.178 e. The van der Waals surface area contributed by atoms with E-state index in [-0.39, 0.29) is 0 Å². The summed E-state index contributed by atoms with van der Waals surface area (Å²) in [6.07, 6.45) is 1.10. The molecule has 2 unspecified atom stereocenters. The number of nitrogens with one attached hydrogen (secondary N) is 1. The second-order valence-electron chi connectivity index (χ2n) is 5.05. The molecule has 2 heterocycles. The van der Waals surface area contributed by atoms with Crippen LogP contribution >= 0.6 is 12.2 Å². The Balaban J connectivity index is 2.10. The van der Waals surface area contributed by atoms with Crippen LogP contribution in [0.25, 0.3) is 11.0 Å². The summed E-state index contributed by atoms with van der Waals surface area (Å²) < 4.78 is 13.8. The van der Waals surface area contributed by atoms with Crippen molar-refractivity contribution in [1.29, 1.82) is 0 Å². The summed E-state index contributed by atoms with van der Waals surface area (Å²) in [6.45, 7) is 3.88. The largest absolute Gasteiger partial charge is 0.497 e. The number of H-pyrrole nitrogens is 1. The third kappa shape index (κ3) is 2.17. The van der Waals surface area contributed by atoms with Crippen LogP contribution < -0.4 is 4.74 Å². The lowest BCUT2D eigenvalue weighted by molar-refractivity contribution is 0.175. The minimum absolute atomic E-state index is 0.329. The first-order valence-corrected chi connectivity index (χ1v) is 6.97. The molecular formula is C14H18N2O2S. The van der Waals surface area contributed by atoms with Crippen molar-refractivity contribution in [1.82, 2.24) is 9.55 Å². The molecular weight excluding hydrogens is 260 g/mol. The minimum Gasteiger partial charge on any atom is -0.497 e. The summed E-state index contributed by atoms with van der Waals surface area (Å²) >= 11 is 5.47. The summed E-state index contributed by atoms with van der Waals surface area (Å²) in [5.74, 6) is 1.38. The molecule has 1 aliphatic rings. The topological polar surface area (TPSA) is 39.2 Å². The lowest BCUT2D eigenvalue weighted by Gasteiger charge is -2.20. The van der Waals surface area contributed by atoms with Crippen molar-refractivity contribution in [2.24, 2.45) is 5.92 Å². The number of ether oxygens (including phenoxy) is 2. The van der Waals surface area contributed by atoms with Crippen LogP contribution in [-0.4, -0.2) is 29.9 Å². The molecule has 1 aliphatic heterocycles. The molecule has 0 saturated carbocycles. The number of aromatic amines is 1. The number of nitrogens with zero attached hydrogens (tertiary/aromatic N) is 1. The first kappa shape index (κ1) is 12.7. The van der Waals surface area contributed by atoms with Gasteiger partial charge in [0.15, 0.2) is 4.77 Å². The first-order valence-electron chi connectivity index (χ1n) is 6.56. The Labute approximate surface area is 117 Å². The van der Waals surface area contributed by atoms with Gasteiger partial charge in [-0.15, -0.1) is 0 Å². The normalized spacial score (nSPS) is 20.8. The summed E-state index contributed by atoms with van der Waals surface area (Å²) in [7, 11) is 1.68. The average Bonchev–Trinajstić information content (AvgIpc) is 3.03. The number of fused-ring (bicyclic) bond motifs is 1. The molecule has 1 aromatic heterocycles. The van der Waals surface area contributed by atoms with Crippen LogP contribution in [0.2, 0.25) is 0 Å². The lowest BCUT2D eigenvalue weighted by Crippen LogP contribution is -2.16. The predicted octanol–water partition coefficient (Wildman–Crippen LogP) is 3.30. The Morgan fingerprint density at radius 1 is 1.53 bits per heavy atom. The zero-order valence-electron chi connectivity index (χ0n) is 11.2. The molecule has 3 rings (SSSR count). The quantitative estimate of drug-likeness (QED) is 0.876. The molecule has 102 valence electrons. The summed E-state index contributed by atoms with van der Waals surface area (Å²) in [5, 5.41) is 0. The zero-order chi connectivity index (χ0) is 13.4. The van der Waals surface area contributed by atoms with Gasteiger partial charge < -0.3 is 19.0 Å². The van der Waals surface area contributed by atoms with E-state index in [1.165, 1.54) is 0 Å². The molecule has 0 aliphatic carbocycles. The fraction of sp³-hybridized carbons (Fsp3) is 0.500. The molecule has 5 heteroatoms. The fourth-order valence-electron chi connectivity index (χ4n) is 2.78. The van der Waals surface area contributed by atoms with E-state index in [1.807, 2.05) is 18.2 Å². The molecule has 1 N–H and O–H groups in total. The molecule has 4 nitrogen and oxygen atoms in total. The van der Waals surface area contributed by atoms with Crippen LogP contribution in [0.1, 0.15) is 19.4 Å². The highest BCUT2D eigenvalue weighted by Crippen LogP contribution is 2.30. The molecule has 2 aromatic rings. The van der Waals surface area contributed by atoms with E-state index >= 15 is 0 Å². The van der Waals surface area contributed by atoms with Crippen molar-refractivity contribution >= 4 is 23.3 Å². The van der Waals surface area contributed by atoms with Gasteiger partial charge in [0.05, 0.1) is 24.8 Å². The van der Waals surface area contributed by atoms with E-state index in [0.717, 1.165) is 41.2 Å². The van der Waals surface area contributed by atoms with E-state index in [0.29, 0.717) is 12.0 Å². The van der Waals surface area contributed by atoms with Crippen molar-refractivity contribution in [3.8, 4) is 5.75 Å². The Morgan fingerprint density at radius 3 is 3.05 bits per heavy atom. The molecule has 1 saturated heterocycles. The Bertz CT molecular complexity index is 640. The number of benzene rings is 1. The maximum absolute atomic E-state index is 5.49. The molecule has 2 atom stereocenters. The monoisotopic (exact) mass is 278 g/mol. The minimum atomic E-state index is 0.329. The molecule has 19 heavy (non-hydrogen) atoms. The smallest absolute Gasteiger partial charge is 0.178 e. The molecule has 1 fully saturated rings. The highest BCUT2D eigenvalue weighted by molar-refractivity contribution is 7.71. The van der Waals surface area contributed by atoms with Gasteiger partial charge in [0.25, 0.3) is 0 Å². The molecule has 0 amide bonds. The number of aromatic nitrogens is 2. The second-order valence-corrected chi connectivity index (χ2v) is 5.43. The van der Waals surface area contributed by atoms with Crippen molar-refractivity contribution in [3.63, 3.8) is 0 Å². The SMILES string of the molecule is COc1ccc2[nH]c(=S)n(C(C)C3CCOC3)c2c1. The van der Waals surface area contributed by atoms with Gasteiger partial charge >= 0.3 is 0 Å². The maximum atomic E-state index is 5.49. The van der Waals surface area contributed by atoms with Gasteiger partial charge in [0.2, 0.25) is 0 Å². The number of rotatable bonds is 3. The predicted molar refractivity (Wildman–Crippen MR) is 77.3 cm³/mol. The third-order valence-electron chi connectivity index (χ3n) is 3.98. The second kappa shape index (κ2) is 4.98. The van der Waals surface area contributed by atoms with Gasteiger partial charge in [0.1, 0.15) is 5.75 Å². The molecule has 0 radical (unpaired) electrons. The summed E-state index contributed by atoms with van der Waals surface area (Å²) in [4.78, 5) is 3.26. The molecule has 1 aromatic carbocycles. The van der Waals surface area contributed by atoms with Crippen LogP contribution in [0.4, 0.5) is 0 Å². The van der Waals surface area contributed by atoms with E-state index in [4.69, 9.17) is 21.7 Å². The van der Waals surface area contributed by atoms with Gasteiger partial charge in [-0.25, -0.2) is 0 Å². The van der Waals surface area contributed by atoms with Gasteiger partial charge in [-0.05, 0) is 37.7 Å². The average molecular weight is 278 g/mol. The van der Waals surface area contributed by atoms with Gasteiger partial charge in [-0.1, -0.05) is 0 Å². The Hall–Kier alpha value is -1.33. The van der Waals surface area contributed by atoms with E-state index < -0.39 is 0 Å².